The molecule has 0 radical (unpaired) electrons. The molecule has 0 saturated carbocycles. The lowest BCUT2D eigenvalue weighted by atomic mass is 9.84. The summed E-state index contributed by atoms with van der Waals surface area (Å²) < 4.78 is 18.5. The minimum absolute atomic E-state index is 0.257. The van der Waals surface area contributed by atoms with Crippen LogP contribution in [-0.4, -0.2) is 19.3 Å². The van der Waals surface area contributed by atoms with Gasteiger partial charge in [0.15, 0.2) is 0 Å². The molecule has 2 aromatic carbocycles. The van der Waals surface area contributed by atoms with E-state index in [4.69, 9.17) is 25.8 Å². The summed E-state index contributed by atoms with van der Waals surface area (Å²) in [6.45, 7) is 1.33. The fourth-order valence-electron chi connectivity index (χ4n) is 4.36. The molecule has 0 saturated heterocycles. The number of benzene rings is 2. The van der Waals surface area contributed by atoms with Crippen LogP contribution in [0.15, 0.2) is 48.5 Å². The normalized spacial score (nSPS) is 21.3. The summed E-state index contributed by atoms with van der Waals surface area (Å²) in [5, 5.41) is 0. The van der Waals surface area contributed by atoms with Crippen molar-refractivity contribution < 1.29 is 19.0 Å². The molecule has 5 nitrogen and oxygen atoms in total. The Morgan fingerprint density at radius 2 is 1.97 bits per heavy atom. The largest absolute Gasteiger partial charge is 0.493 e. The van der Waals surface area contributed by atoms with Crippen molar-refractivity contribution in [2.45, 2.75) is 18.6 Å². The Hall–Kier alpha value is -2.70. The Balaban J connectivity index is 1.48. The van der Waals surface area contributed by atoms with E-state index in [2.05, 4.69) is 6.07 Å². The summed E-state index contributed by atoms with van der Waals surface area (Å²) in [5.41, 5.74) is 2.84. The minimum atomic E-state index is -0.940. The van der Waals surface area contributed by atoms with Gasteiger partial charge >= 0.3 is 6.09 Å². The van der Waals surface area contributed by atoms with E-state index < -0.39 is 5.60 Å². The molecule has 7 heteroatoms. The van der Waals surface area contributed by atoms with Gasteiger partial charge in [0.25, 0.3) is 0 Å². The average Bonchev–Trinajstić information content (AvgIpc) is 3.43. The van der Waals surface area contributed by atoms with Crippen molar-refractivity contribution in [2.75, 3.05) is 18.1 Å². The molecule has 6 rings (SSSR count). The third kappa shape index (κ3) is 2.49. The van der Waals surface area contributed by atoms with E-state index in [1.54, 1.807) is 4.90 Å². The lowest BCUT2D eigenvalue weighted by Gasteiger charge is -2.39. The van der Waals surface area contributed by atoms with Gasteiger partial charge in [0, 0.05) is 28.5 Å². The van der Waals surface area contributed by atoms with Crippen molar-refractivity contribution in [1.82, 2.24) is 0 Å². The first kappa shape index (κ1) is 17.2. The predicted molar refractivity (Wildman–Crippen MR) is 110 cm³/mol. The summed E-state index contributed by atoms with van der Waals surface area (Å²) in [7, 11) is 0. The molecule has 3 aliphatic rings. The molecule has 146 valence electrons. The van der Waals surface area contributed by atoms with Crippen LogP contribution in [0.25, 0.3) is 0 Å². The topological polar surface area (TPSA) is 48.0 Å². The molecule has 1 atom stereocenters. The number of halogens is 1. The zero-order chi connectivity index (χ0) is 19.6. The van der Waals surface area contributed by atoms with Crippen LogP contribution in [0.3, 0.4) is 0 Å². The number of thiophene rings is 1. The van der Waals surface area contributed by atoms with Crippen LogP contribution in [0.2, 0.25) is 4.34 Å². The van der Waals surface area contributed by atoms with Crippen LogP contribution in [0, 0.1) is 0 Å². The van der Waals surface area contributed by atoms with Gasteiger partial charge in [-0.3, -0.25) is 4.90 Å². The predicted octanol–water partition coefficient (Wildman–Crippen LogP) is 5.13. The second-order valence-electron chi connectivity index (χ2n) is 7.35. The Bertz CT molecular complexity index is 1160. The first-order chi connectivity index (χ1) is 14.1. The second kappa shape index (κ2) is 6.15. The van der Waals surface area contributed by atoms with Crippen LogP contribution in [0.4, 0.5) is 10.5 Å². The van der Waals surface area contributed by atoms with Gasteiger partial charge in [-0.2, -0.15) is 0 Å². The maximum Gasteiger partial charge on any atom is 0.416 e. The first-order valence-corrected chi connectivity index (χ1v) is 10.6. The number of carbonyl (C=O) groups excluding carboxylic acids is 1. The smallest absolute Gasteiger partial charge is 0.416 e. The maximum absolute atomic E-state index is 13.2. The molecule has 29 heavy (non-hydrogen) atoms. The van der Waals surface area contributed by atoms with E-state index in [0.717, 1.165) is 39.4 Å². The van der Waals surface area contributed by atoms with E-state index >= 15 is 0 Å². The highest BCUT2D eigenvalue weighted by Gasteiger charge is 2.52. The number of anilines is 1. The highest BCUT2D eigenvalue weighted by molar-refractivity contribution is 7.16. The number of hydrogen-bond donors (Lipinski definition) is 0. The van der Waals surface area contributed by atoms with Gasteiger partial charge < -0.3 is 14.2 Å². The Labute approximate surface area is 176 Å². The summed E-state index contributed by atoms with van der Waals surface area (Å²) in [6.07, 6.45) is 0.459. The van der Waals surface area contributed by atoms with E-state index in [1.807, 2.05) is 42.5 Å². The third-order valence-corrected chi connectivity index (χ3v) is 6.93. The van der Waals surface area contributed by atoms with Gasteiger partial charge in [-0.1, -0.05) is 29.8 Å². The van der Waals surface area contributed by atoms with Gasteiger partial charge in [0.05, 0.1) is 23.2 Å². The van der Waals surface area contributed by atoms with Gasteiger partial charge in [-0.05, 0) is 29.8 Å². The third-order valence-electron chi connectivity index (χ3n) is 5.71. The van der Waals surface area contributed by atoms with E-state index in [1.165, 1.54) is 11.3 Å². The first-order valence-electron chi connectivity index (χ1n) is 9.41. The summed E-state index contributed by atoms with van der Waals surface area (Å²) in [6, 6.07) is 15.6. The Kier molecular flexibility index (Phi) is 3.64. The molecular weight excluding hydrogens is 410 g/mol. The number of carbonyl (C=O) groups is 1. The molecule has 1 amide bonds. The molecule has 0 fully saturated rings. The molecular formula is C22H16ClNO4S. The standard InChI is InChI=1S/C22H16ClNO4S/c23-20-6-5-14(29-20)11-24-17-4-2-1-3-15(17)22(28-21(24)25)12-27-19-10-18-13(7-8-26-18)9-16(19)22/h1-6,9-10H,7-8,11-12H2. The maximum atomic E-state index is 13.2. The zero-order valence-corrected chi connectivity index (χ0v) is 16.9. The molecule has 1 aromatic heterocycles. The van der Waals surface area contributed by atoms with Crippen molar-refractivity contribution in [1.29, 1.82) is 0 Å². The van der Waals surface area contributed by atoms with Gasteiger partial charge in [0.2, 0.25) is 5.60 Å². The number of ether oxygens (including phenoxy) is 3. The summed E-state index contributed by atoms with van der Waals surface area (Å²) >= 11 is 7.53. The molecule has 0 aliphatic carbocycles. The second-order valence-corrected chi connectivity index (χ2v) is 9.15. The minimum Gasteiger partial charge on any atom is -0.493 e. The number of fused-ring (bicyclic) bond motifs is 5. The SMILES string of the molecule is O=C1OC2(COc3cc4c(cc32)CCO4)c2ccccc2N1Cc1ccc(Cl)s1. The van der Waals surface area contributed by atoms with Crippen LogP contribution < -0.4 is 14.4 Å². The lowest BCUT2D eigenvalue weighted by Crippen LogP contribution is -2.47. The number of hydrogen-bond acceptors (Lipinski definition) is 5. The van der Waals surface area contributed by atoms with E-state index in [0.29, 0.717) is 23.2 Å². The monoisotopic (exact) mass is 425 g/mol. The van der Waals surface area contributed by atoms with Crippen molar-refractivity contribution in [3.63, 3.8) is 0 Å². The highest BCUT2D eigenvalue weighted by Crippen LogP contribution is 2.52. The Morgan fingerprint density at radius 1 is 1.07 bits per heavy atom. The van der Waals surface area contributed by atoms with Gasteiger partial charge in [0.1, 0.15) is 18.1 Å². The molecule has 0 bridgehead atoms. The van der Waals surface area contributed by atoms with Crippen molar-refractivity contribution in [3.05, 3.63) is 74.4 Å². The Morgan fingerprint density at radius 3 is 2.83 bits per heavy atom. The molecule has 3 aliphatic heterocycles. The summed E-state index contributed by atoms with van der Waals surface area (Å²) in [5.74, 6) is 1.57. The van der Waals surface area contributed by atoms with Gasteiger partial charge in [-0.25, -0.2) is 4.79 Å². The average molecular weight is 426 g/mol. The number of rotatable bonds is 2. The van der Waals surface area contributed by atoms with E-state index in [9.17, 15) is 4.79 Å². The van der Waals surface area contributed by atoms with Crippen LogP contribution in [0.5, 0.6) is 11.5 Å². The fourth-order valence-corrected chi connectivity index (χ4v) is 5.43. The van der Waals surface area contributed by atoms with Crippen LogP contribution >= 0.6 is 22.9 Å². The number of nitrogens with zero attached hydrogens (tertiary/aromatic N) is 1. The molecule has 3 aromatic rings. The molecule has 1 spiro atoms. The molecule has 4 heterocycles. The zero-order valence-electron chi connectivity index (χ0n) is 15.3. The quantitative estimate of drug-likeness (QED) is 0.571. The number of para-hydroxylation sites is 1. The van der Waals surface area contributed by atoms with Crippen molar-refractivity contribution >= 4 is 34.7 Å². The fraction of sp³-hybridized carbons (Fsp3) is 0.227. The van der Waals surface area contributed by atoms with E-state index in [-0.39, 0.29) is 12.7 Å². The molecule has 0 N–H and O–H groups in total. The summed E-state index contributed by atoms with van der Waals surface area (Å²) in [4.78, 5) is 15.8. The molecule has 1 unspecified atom stereocenters. The highest BCUT2D eigenvalue weighted by atomic mass is 35.5. The van der Waals surface area contributed by atoms with Gasteiger partial charge in [-0.15, -0.1) is 11.3 Å². The lowest BCUT2D eigenvalue weighted by molar-refractivity contribution is 0.0220. The van der Waals surface area contributed by atoms with Crippen molar-refractivity contribution in [2.24, 2.45) is 0 Å². The van der Waals surface area contributed by atoms with Crippen molar-refractivity contribution in [3.8, 4) is 11.5 Å². The van der Waals surface area contributed by atoms with Crippen LogP contribution in [-0.2, 0) is 23.3 Å². The number of amides is 1. The van der Waals surface area contributed by atoms with Crippen LogP contribution in [0.1, 0.15) is 21.6 Å².